The van der Waals surface area contributed by atoms with Gasteiger partial charge in [0, 0.05) is 13.2 Å². The molecule has 0 spiro atoms. The summed E-state index contributed by atoms with van der Waals surface area (Å²) in [6.45, 7) is 4.23. The Morgan fingerprint density at radius 2 is 1.30 bits per heavy atom. The molecule has 2 unspecified atom stereocenters. The first kappa shape index (κ1) is 33.0. The van der Waals surface area contributed by atoms with Gasteiger partial charge >= 0.3 is 0 Å². The van der Waals surface area contributed by atoms with Crippen molar-refractivity contribution < 1.29 is 27.7 Å². The third kappa shape index (κ3) is 24.9. The minimum atomic E-state index is -4.34. The first-order valence-corrected chi connectivity index (χ1v) is 14.8. The Balaban J connectivity index is 3.66. The van der Waals surface area contributed by atoms with Gasteiger partial charge in [-0.25, -0.2) is 0 Å². The molecule has 0 heterocycles. The van der Waals surface area contributed by atoms with Crippen LogP contribution in [-0.4, -0.2) is 71.7 Å². The van der Waals surface area contributed by atoms with E-state index in [-0.39, 0.29) is 13.2 Å². The van der Waals surface area contributed by atoms with Crippen LogP contribution >= 0.6 is 7.82 Å². The van der Waals surface area contributed by atoms with Crippen molar-refractivity contribution in [1.29, 1.82) is 0 Å². The van der Waals surface area contributed by atoms with Crippen LogP contribution in [0.3, 0.4) is 0 Å². The summed E-state index contributed by atoms with van der Waals surface area (Å²) in [5.41, 5.74) is 0. The van der Waals surface area contributed by atoms with Gasteiger partial charge in [-0.15, -0.1) is 0 Å². The van der Waals surface area contributed by atoms with E-state index in [0.717, 1.165) is 12.8 Å². The van der Waals surface area contributed by atoms with Crippen molar-refractivity contribution >= 4 is 7.82 Å². The standard InChI is InChI=1S/C25H55N2O5P/c1-6-7-8-9-10-11-12-13-14-15-16-17-18-19-21-30-24-25(23-26-2)32-33(28,29)31-22-20-27(3,4)5/h25-26H,6-24H2,1-5H3. The zero-order valence-electron chi connectivity index (χ0n) is 22.4. The summed E-state index contributed by atoms with van der Waals surface area (Å²) in [5.74, 6) is 0. The lowest BCUT2D eigenvalue weighted by molar-refractivity contribution is -0.870. The van der Waals surface area contributed by atoms with Crippen LogP contribution in [0.5, 0.6) is 0 Å². The Bertz CT molecular complexity index is 474. The second-order valence-electron chi connectivity index (χ2n) is 10.3. The zero-order chi connectivity index (χ0) is 24.8. The molecule has 1 N–H and O–H groups in total. The van der Waals surface area contributed by atoms with Crippen LogP contribution in [0.1, 0.15) is 96.8 Å². The van der Waals surface area contributed by atoms with E-state index in [1.54, 1.807) is 7.05 Å². The maximum Gasteiger partial charge on any atom is 0.268 e. The van der Waals surface area contributed by atoms with Gasteiger partial charge in [-0.2, -0.15) is 0 Å². The van der Waals surface area contributed by atoms with Crippen LogP contribution < -0.4 is 10.2 Å². The molecule has 0 aliphatic carbocycles. The number of ether oxygens (including phenoxy) is 1. The molecule has 0 fully saturated rings. The molecule has 0 bridgehead atoms. The highest BCUT2D eigenvalue weighted by Gasteiger charge is 2.19. The summed E-state index contributed by atoms with van der Waals surface area (Å²) in [4.78, 5) is 12.1. The first-order valence-electron chi connectivity index (χ1n) is 13.4. The molecule has 0 aromatic heterocycles. The molecular formula is C25H55N2O5P. The molecule has 0 aliphatic heterocycles. The molecule has 0 rings (SSSR count). The Hall–Kier alpha value is -0.0100. The highest BCUT2D eigenvalue weighted by molar-refractivity contribution is 7.45. The lowest BCUT2D eigenvalue weighted by Crippen LogP contribution is -2.38. The van der Waals surface area contributed by atoms with E-state index in [2.05, 4.69) is 12.2 Å². The molecule has 0 radical (unpaired) electrons. The molecule has 33 heavy (non-hydrogen) atoms. The lowest BCUT2D eigenvalue weighted by atomic mass is 10.0. The highest BCUT2D eigenvalue weighted by Crippen LogP contribution is 2.39. The number of rotatable bonds is 25. The van der Waals surface area contributed by atoms with Gasteiger partial charge in [-0.1, -0.05) is 90.4 Å². The predicted octanol–water partition coefficient (Wildman–Crippen LogP) is 5.28. The average Bonchev–Trinajstić information content (AvgIpc) is 2.72. The smallest absolute Gasteiger partial charge is 0.268 e. The summed E-state index contributed by atoms with van der Waals surface area (Å²) in [6.07, 6.45) is 18.0. The van der Waals surface area contributed by atoms with E-state index >= 15 is 0 Å². The number of hydrogen-bond acceptors (Lipinski definition) is 6. The molecule has 8 heteroatoms. The number of quaternary nitrogens is 1. The van der Waals surface area contributed by atoms with E-state index < -0.39 is 13.9 Å². The fourth-order valence-corrected chi connectivity index (χ4v) is 4.47. The van der Waals surface area contributed by atoms with Crippen molar-refractivity contribution in [3.05, 3.63) is 0 Å². The maximum atomic E-state index is 12.1. The normalized spacial score (nSPS) is 15.0. The minimum Gasteiger partial charge on any atom is -0.756 e. The molecular weight excluding hydrogens is 439 g/mol. The van der Waals surface area contributed by atoms with Crippen LogP contribution in [0.25, 0.3) is 0 Å². The Morgan fingerprint density at radius 3 is 1.76 bits per heavy atom. The van der Waals surface area contributed by atoms with Gasteiger partial charge in [0.1, 0.15) is 19.3 Å². The topological polar surface area (TPSA) is 79.9 Å². The number of phosphoric acid groups is 1. The number of hydrogen-bond donors (Lipinski definition) is 1. The van der Waals surface area contributed by atoms with Crippen LogP contribution in [0.15, 0.2) is 0 Å². The van der Waals surface area contributed by atoms with Crippen LogP contribution in [0.4, 0.5) is 0 Å². The monoisotopic (exact) mass is 494 g/mol. The number of nitrogens with zero attached hydrogens (tertiary/aromatic N) is 1. The second kappa shape index (κ2) is 21.3. The summed E-state index contributed by atoms with van der Waals surface area (Å²) in [7, 11) is 3.37. The number of unbranched alkanes of at least 4 members (excludes halogenated alkanes) is 13. The number of nitrogens with one attached hydrogen (secondary N) is 1. The lowest BCUT2D eigenvalue weighted by Gasteiger charge is -2.30. The van der Waals surface area contributed by atoms with Gasteiger partial charge in [-0.05, 0) is 13.5 Å². The zero-order valence-corrected chi connectivity index (χ0v) is 23.3. The van der Waals surface area contributed by atoms with Crippen molar-refractivity contribution in [2.75, 3.05) is 61.1 Å². The summed E-state index contributed by atoms with van der Waals surface area (Å²) >= 11 is 0. The summed E-state index contributed by atoms with van der Waals surface area (Å²) in [6, 6.07) is 0. The quantitative estimate of drug-likeness (QED) is 0.106. The maximum absolute atomic E-state index is 12.1. The fraction of sp³-hybridized carbons (Fsp3) is 1.00. The molecule has 0 amide bonds. The van der Waals surface area contributed by atoms with Crippen LogP contribution in [0, 0.1) is 0 Å². The van der Waals surface area contributed by atoms with Gasteiger partial charge in [0.2, 0.25) is 0 Å². The Morgan fingerprint density at radius 1 is 0.818 bits per heavy atom. The van der Waals surface area contributed by atoms with Crippen molar-refractivity contribution in [3.63, 3.8) is 0 Å². The third-order valence-electron chi connectivity index (χ3n) is 5.67. The third-order valence-corrected chi connectivity index (χ3v) is 6.72. The SMILES string of the molecule is CCCCCCCCCCCCCCCCOCC(CNC)OP(=O)([O-])OCC[N+](C)(C)C. The van der Waals surface area contributed by atoms with Gasteiger partial charge < -0.3 is 28.5 Å². The van der Waals surface area contributed by atoms with Crippen LogP contribution in [0.2, 0.25) is 0 Å². The van der Waals surface area contributed by atoms with E-state index in [1.807, 2.05) is 21.1 Å². The van der Waals surface area contributed by atoms with Gasteiger partial charge in [0.05, 0.1) is 27.7 Å². The molecule has 0 aliphatic rings. The fourth-order valence-electron chi connectivity index (χ4n) is 3.61. The number of phosphoric ester groups is 1. The largest absolute Gasteiger partial charge is 0.756 e. The Kier molecular flexibility index (Phi) is 21.3. The average molecular weight is 495 g/mol. The van der Waals surface area contributed by atoms with Gasteiger partial charge in [-0.3, -0.25) is 4.57 Å². The number of likely N-dealkylation sites (N-methyl/N-ethyl adjacent to an activating group) is 2. The van der Waals surface area contributed by atoms with E-state index in [1.165, 1.54) is 77.0 Å². The summed E-state index contributed by atoms with van der Waals surface area (Å²) < 4.78 is 28.6. The molecule has 200 valence electrons. The Labute approximate surface area is 205 Å². The van der Waals surface area contributed by atoms with Crippen molar-refractivity contribution in [1.82, 2.24) is 5.32 Å². The first-order chi connectivity index (χ1) is 15.7. The van der Waals surface area contributed by atoms with Crippen molar-refractivity contribution in [3.8, 4) is 0 Å². The molecule has 7 nitrogen and oxygen atoms in total. The van der Waals surface area contributed by atoms with Crippen molar-refractivity contribution in [2.45, 2.75) is 103 Å². The van der Waals surface area contributed by atoms with E-state index in [0.29, 0.717) is 24.2 Å². The second-order valence-corrected chi connectivity index (χ2v) is 11.6. The molecule has 0 aromatic carbocycles. The molecule has 0 aromatic rings. The van der Waals surface area contributed by atoms with Gasteiger partial charge in [0.15, 0.2) is 0 Å². The summed E-state index contributed by atoms with van der Waals surface area (Å²) in [5, 5.41) is 2.95. The van der Waals surface area contributed by atoms with Crippen LogP contribution in [-0.2, 0) is 18.3 Å². The molecule has 0 saturated carbocycles. The van der Waals surface area contributed by atoms with E-state index in [4.69, 9.17) is 13.8 Å². The predicted molar refractivity (Wildman–Crippen MR) is 136 cm³/mol. The van der Waals surface area contributed by atoms with Gasteiger partial charge in [0.25, 0.3) is 7.82 Å². The van der Waals surface area contributed by atoms with E-state index in [9.17, 15) is 9.46 Å². The minimum absolute atomic E-state index is 0.108. The molecule has 0 saturated heterocycles. The highest BCUT2D eigenvalue weighted by atomic mass is 31.2. The van der Waals surface area contributed by atoms with Crippen molar-refractivity contribution in [2.24, 2.45) is 0 Å². The molecule has 2 atom stereocenters.